The van der Waals surface area contributed by atoms with E-state index in [1.807, 2.05) is 39.8 Å². The highest BCUT2D eigenvalue weighted by atomic mass is 16.5. The fourth-order valence-electron chi connectivity index (χ4n) is 2.96. The number of carbonyl (C=O) groups is 1. The standard InChI is InChI=1S/C21H25N5O3/c1-11(2)29-17-8-6-14(21(22)28)9-16(17)23-13(4)24-19-12(3)5-7-15-20(19)26-18(10-27)25-15/h5-9,11,27H,10H2,1-4H3,(H2,22,28)(H,23,24)(H,25,26). The number of aliphatic hydroxyl groups is 1. The van der Waals surface area contributed by atoms with E-state index in [-0.39, 0.29) is 12.7 Å². The van der Waals surface area contributed by atoms with Crippen LogP contribution in [0.5, 0.6) is 5.75 Å². The van der Waals surface area contributed by atoms with Crippen LogP contribution in [-0.2, 0) is 6.61 Å². The fraction of sp³-hybridized carbons (Fsp3) is 0.286. The maximum Gasteiger partial charge on any atom is 0.248 e. The number of nitrogens with zero attached hydrogens (tertiary/aromatic N) is 2. The molecule has 0 unspecified atom stereocenters. The zero-order chi connectivity index (χ0) is 21.1. The molecule has 0 bridgehead atoms. The molecule has 5 N–H and O–H groups in total. The summed E-state index contributed by atoms with van der Waals surface area (Å²) >= 11 is 0. The number of carbonyl (C=O) groups excluding carboxylic acids is 1. The quantitative estimate of drug-likeness (QED) is 0.376. The van der Waals surface area contributed by atoms with Gasteiger partial charge in [0.2, 0.25) is 5.91 Å². The Morgan fingerprint density at radius 2 is 2.10 bits per heavy atom. The Labute approximate surface area is 168 Å². The maximum absolute atomic E-state index is 11.6. The summed E-state index contributed by atoms with van der Waals surface area (Å²) in [7, 11) is 0. The van der Waals surface area contributed by atoms with E-state index in [2.05, 4.69) is 15.3 Å². The second-order valence-electron chi connectivity index (χ2n) is 7.03. The van der Waals surface area contributed by atoms with E-state index in [1.165, 1.54) is 0 Å². The third-order valence-electron chi connectivity index (χ3n) is 4.25. The normalized spacial score (nSPS) is 11.9. The van der Waals surface area contributed by atoms with Crippen molar-refractivity contribution >= 4 is 34.2 Å². The summed E-state index contributed by atoms with van der Waals surface area (Å²) in [6, 6.07) is 8.83. The van der Waals surface area contributed by atoms with Crippen LogP contribution in [0.15, 0.2) is 35.3 Å². The summed E-state index contributed by atoms with van der Waals surface area (Å²) in [4.78, 5) is 23.8. The first kappa shape index (κ1) is 20.3. The van der Waals surface area contributed by atoms with E-state index >= 15 is 0 Å². The molecular weight excluding hydrogens is 370 g/mol. The number of H-pyrrole nitrogens is 1. The Morgan fingerprint density at radius 3 is 2.76 bits per heavy atom. The molecule has 0 aliphatic heterocycles. The van der Waals surface area contributed by atoms with Gasteiger partial charge < -0.3 is 25.9 Å². The smallest absolute Gasteiger partial charge is 0.248 e. The van der Waals surface area contributed by atoms with Gasteiger partial charge in [-0.2, -0.15) is 0 Å². The van der Waals surface area contributed by atoms with Crippen LogP contribution in [0.25, 0.3) is 11.0 Å². The maximum atomic E-state index is 11.6. The van der Waals surface area contributed by atoms with Crippen LogP contribution in [0.1, 0.15) is 42.5 Å². The molecule has 1 amide bonds. The van der Waals surface area contributed by atoms with Gasteiger partial charge in [-0.1, -0.05) is 6.07 Å². The number of imidazole rings is 1. The lowest BCUT2D eigenvalue weighted by molar-refractivity contribution is 0.100. The van der Waals surface area contributed by atoms with Gasteiger partial charge >= 0.3 is 0 Å². The average molecular weight is 395 g/mol. The number of nitrogens with two attached hydrogens (primary N) is 1. The van der Waals surface area contributed by atoms with Gasteiger partial charge in [-0.3, -0.25) is 4.79 Å². The Morgan fingerprint density at radius 1 is 1.34 bits per heavy atom. The number of ether oxygens (including phenoxy) is 1. The van der Waals surface area contributed by atoms with Crippen LogP contribution in [0, 0.1) is 6.92 Å². The summed E-state index contributed by atoms with van der Waals surface area (Å²) in [6.07, 6.45) is -0.0378. The Bertz CT molecular complexity index is 1090. The van der Waals surface area contributed by atoms with Crippen molar-refractivity contribution in [3.8, 4) is 5.75 Å². The number of nitrogens with one attached hydrogen (secondary N) is 2. The number of aryl methyl sites for hydroxylation is 1. The first-order valence-electron chi connectivity index (χ1n) is 9.30. The van der Waals surface area contributed by atoms with Crippen molar-refractivity contribution in [2.45, 2.75) is 40.4 Å². The van der Waals surface area contributed by atoms with Crippen molar-refractivity contribution in [1.29, 1.82) is 0 Å². The lowest BCUT2D eigenvalue weighted by atomic mass is 10.1. The summed E-state index contributed by atoms with van der Waals surface area (Å²) in [5, 5.41) is 12.6. The van der Waals surface area contributed by atoms with Crippen LogP contribution >= 0.6 is 0 Å². The van der Waals surface area contributed by atoms with E-state index < -0.39 is 5.91 Å². The number of fused-ring (bicyclic) bond motifs is 1. The molecular formula is C21H25N5O3. The molecule has 152 valence electrons. The van der Waals surface area contributed by atoms with Crippen LogP contribution in [0.3, 0.4) is 0 Å². The molecule has 0 atom stereocenters. The number of aliphatic hydroxyl groups excluding tert-OH is 1. The molecule has 0 saturated heterocycles. The first-order valence-corrected chi connectivity index (χ1v) is 9.30. The number of hydrogen-bond acceptors (Lipinski definition) is 5. The van der Waals surface area contributed by atoms with Gasteiger partial charge in [-0.25, -0.2) is 9.98 Å². The van der Waals surface area contributed by atoms with Crippen LogP contribution in [0.2, 0.25) is 0 Å². The third kappa shape index (κ3) is 4.55. The average Bonchev–Trinajstić information content (AvgIpc) is 3.08. The number of anilines is 1. The lowest BCUT2D eigenvalue weighted by Gasteiger charge is -2.16. The summed E-state index contributed by atoms with van der Waals surface area (Å²) in [5.41, 5.74) is 9.50. The zero-order valence-corrected chi connectivity index (χ0v) is 16.9. The van der Waals surface area contributed by atoms with Crippen LogP contribution < -0.4 is 15.8 Å². The number of aliphatic imine (C=N–C) groups is 1. The molecule has 3 rings (SSSR count). The van der Waals surface area contributed by atoms with Crippen molar-refractivity contribution < 1.29 is 14.6 Å². The Hall–Kier alpha value is -3.39. The predicted octanol–water partition coefficient (Wildman–Crippen LogP) is 3.41. The first-order chi connectivity index (χ1) is 13.8. The van der Waals surface area contributed by atoms with Gasteiger partial charge in [0.25, 0.3) is 0 Å². The van der Waals surface area contributed by atoms with E-state index in [9.17, 15) is 9.90 Å². The van der Waals surface area contributed by atoms with Gasteiger partial charge in [0, 0.05) is 5.56 Å². The number of aromatic amines is 1. The Kier molecular flexibility index (Phi) is 5.84. The van der Waals surface area contributed by atoms with E-state index in [0.29, 0.717) is 39.9 Å². The third-order valence-corrected chi connectivity index (χ3v) is 4.25. The van der Waals surface area contributed by atoms with Crippen LogP contribution in [0.4, 0.5) is 11.4 Å². The molecule has 8 heteroatoms. The van der Waals surface area contributed by atoms with Gasteiger partial charge in [-0.05, 0) is 57.5 Å². The minimum atomic E-state index is -0.521. The predicted molar refractivity (Wildman–Crippen MR) is 114 cm³/mol. The molecule has 0 saturated carbocycles. The van der Waals surface area contributed by atoms with Gasteiger partial charge in [-0.15, -0.1) is 0 Å². The van der Waals surface area contributed by atoms with Gasteiger partial charge in [0.05, 0.1) is 23.0 Å². The van der Waals surface area contributed by atoms with Crippen LogP contribution in [-0.4, -0.2) is 32.9 Å². The van der Waals surface area contributed by atoms with Crippen molar-refractivity contribution in [3.63, 3.8) is 0 Å². The summed E-state index contributed by atoms with van der Waals surface area (Å²) in [5.74, 6) is 1.14. The highest BCUT2D eigenvalue weighted by Gasteiger charge is 2.13. The SMILES string of the molecule is CC(=Nc1c(C)ccc2[nH]c(CO)nc12)Nc1cc(C(N)=O)ccc1OC(C)C. The molecule has 1 heterocycles. The highest BCUT2D eigenvalue weighted by Crippen LogP contribution is 2.30. The highest BCUT2D eigenvalue weighted by molar-refractivity contribution is 6.01. The molecule has 2 aromatic carbocycles. The minimum absolute atomic E-state index is 0.0378. The second kappa shape index (κ2) is 8.32. The molecule has 29 heavy (non-hydrogen) atoms. The van der Waals surface area contributed by atoms with E-state index in [1.54, 1.807) is 18.2 Å². The molecule has 0 spiro atoms. The fourth-order valence-corrected chi connectivity index (χ4v) is 2.96. The molecule has 0 fully saturated rings. The van der Waals surface area contributed by atoms with Crippen molar-refractivity contribution in [1.82, 2.24) is 9.97 Å². The number of benzene rings is 2. The minimum Gasteiger partial charge on any atom is -0.489 e. The van der Waals surface area contributed by atoms with E-state index in [0.717, 1.165) is 11.1 Å². The number of hydrogen-bond donors (Lipinski definition) is 4. The lowest BCUT2D eigenvalue weighted by Crippen LogP contribution is -2.15. The number of amidine groups is 1. The van der Waals surface area contributed by atoms with Gasteiger partial charge in [0.1, 0.15) is 29.5 Å². The summed E-state index contributed by atoms with van der Waals surface area (Å²) in [6.45, 7) is 7.43. The molecule has 1 aromatic heterocycles. The topological polar surface area (TPSA) is 126 Å². The molecule has 3 aromatic rings. The largest absolute Gasteiger partial charge is 0.489 e. The molecule has 0 radical (unpaired) electrons. The molecule has 0 aliphatic rings. The molecule has 8 nitrogen and oxygen atoms in total. The summed E-state index contributed by atoms with van der Waals surface area (Å²) < 4.78 is 5.83. The van der Waals surface area contributed by atoms with E-state index in [4.69, 9.17) is 15.5 Å². The number of rotatable bonds is 6. The van der Waals surface area contributed by atoms with Gasteiger partial charge in [0.15, 0.2) is 0 Å². The number of aromatic nitrogens is 2. The second-order valence-corrected chi connectivity index (χ2v) is 7.03. The number of primary amides is 1. The van der Waals surface area contributed by atoms with Crippen molar-refractivity contribution in [2.75, 3.05) is 5.32 Å². The van der Waals surface area contributed by atoms with Crippen molar-refractivity contribution in [3.05, 3.63) is 47.3 Å². The molecule has 0 aliphatic carbocycles. The number of amides is 1. The Balaban J connectivity index is 2.01. The van der Waals surface area contributed by atoms with Crippen molar-refractivity contribution in [2.24, 2.45) is 10.7 Å². The monoisotopic (exact) mass is 395 g/mol. The zero-order valence-electron chi connectivity index (χ0n) is 16.9.